The lowest BCUT2D eigenvalue weighted by atomic mass is 10.2. The molecule has 2 aromatic rings. The Morgan fingerprint density at radius 1 is 1.40 bits per heavy atom. The van der Waals surface area contributed by atoms with Gasteiger partial charge in [-0.1, -0.05) is 0 Å². The normalized spacial score (nSPS) is 21.4. The number of hydrazine groups is 1. The molecule has 1 atom stereocenters. The summed E-state index contributed by atoms with van der Waals surface area (Å²) in [5.41, 5.74) is 2.47. The minimum absolute atomic E-state index is 0.379. The Hall–Kier alpha value is -2.04. The van der Waals surface area contributed by atoms with Crippen LogP contribution in [0.15, 0.2) is 41.0 Å². The summed E-state index contributed by atoms with van der Waals surface area (Å²) in [7, 11) is 0. The molecule has 4 rings (SSSR count). The van der Waals surface area contributed by atoms with E-state index in [-0.39, 0.29) is 6.10 Å². The van der Waals surface area contributed by atoms with Crippen molar-refractivity contribution in [1.29, 1.82) is 0 Å². The molecule has 0 saturated heterocycles. The molecule has 0 spiro atoms. The Kier molecular flexibility index (Phi) is 2.83. The molecule has 8 nitrogen and oxygen atoms in total. The molecule has 0 fully saturated rings. The average molecular weight is 308 g/mol. The van der Waals surface area contributed by atoms with Gasteiger partial charge < -0.3 is 9.14 Å². The maximum atomic E-state index is 5.89. The van der Waals surface area contributed by atoms with Crippen LogP contribution in [-0.2, 0) is 4.84 Å². The number of hydrogen-bond acceptors (Lipinski definition) is 10. The minimum atomic E-state index is -0.379. The van der Waals surface area contributed by atoms with Crippen LogP contribution in [0.25, 0.3) is 5.57 Å². The first-order chi connectivity index (χ1) is 9.92. The van der Waals surface area contributed by atoms with Crippen molar-refractivity contribution >= 4 is 29.0 Å². The lowest BCUT2D eigenvalue weighted by Crippen LogP contribution is -2.26. The van der Waals surface area contributed by atoms with Gasteiger partial charge in [0.05, 0.1) is 36.3 Å². The topological polar surface area (TPSA) is 79.6 Å². The molecule has 1 N–H and O–H groups in total. The second-order valence-corrected chi connectivity index (χ2v) is 5.47. The van der Waals surface area contributed by atoms with Crippen LogP contribution in [0, 0.1) is 0 Å². The zero-order valence-electron chi connectivity index (χ0n) is 9.91. The van der Waals surface area contributed by atoms with E-state index < -0.39 is 0 Å². The number of rotatable bonds is 3. The van der Waals surface area contributed by atoms with Crippen LogP contribution < -0.4 is 4.72 Å². The molecule has 2 aliphatic rings. The first-order valence-electron chi connectivity index (χ1n) is 5.64. The van der Waals surface area contributed by atoms with E-state index in [9.17, 15) is 0 Å². The summed E-state index contributed by atoms with van der Waals surface area (Å²) in [4.78, 5) is 10.1. The highest BCUT2D eigenvalue weighted by atomic mass is 32.2. The SMILES string of the molecule is C1=CN(N2C=C(c3ncco3)C(c3nncs3)O2)SN1. The third-order valence-electron chi connectivity index (χ3n) is 2.64. The third-order valence-corrected chi connectivity index (χ3v) is 4.08. The summed E-state index contributed by atoms with van der Waals surface area (Å²) in [5.74, 6) is 0.508. The number of aromatic nitrogens is 3. The number of nitrogens with zero attached hydrogens (tertiary/aromatic N) is 5. The second-order valence-electron chi connectivity index (χ2n) is 3.81. The van der Waals surface area contributed by atoms with Gasteiger partial charge in [0, 0.05) is 6.20 Å². The first kappa shape index (κ1) is 11.8. The van der Waals surface area contributed by atoms with Gasteiger partial charge in [0.2, 0.25) is 5.89 Å². The minimum Gasteiger partial charge on any atom is -0.445 e. The highest BCUT2D eigenvalue weighted by molar-refractivity contribution is 7.95. The predicted molar refractivity (Wildman–Crippen MR) is 71.8 cm³/mol. The molecule has 2 aliphatic heterocycles. The Bertz CT molecular complexity index is 641. The number of oxazole rings is 1. The van der Waals surface area contributed by atoms with Gasteiger partial charge in [-0.2, -0.15) is 9.59 Å². The van der Waals surface area contributed by atoms with E-state index in [1.165, 1.54) is 29.7 Å². The van der Waals surface area contributed by atoms with Crippen LogP contribution in [0.3, 0.4) is 0 Å². The van der Waals surface area contributed by atoms with Crippen LogP contribution in [0.2, 0.25) is 0 Å². The predicted octanol–water partition coefficient (Wildman–Crippen LogP) is 1.71. The molecule has 0 aliphatic carbocycles. The monoisotopic (exact) mass is 308 g/mol. The van der Waals surface area contributed by atoms with E-state index in [0.717, 1.165) is 10.6 Å². The molecule has 0 amide bonds. The maximum absolute atomic E-state index is 5.89. The molecule has 4 heterocycles. The van der Waals surface area contributed by atoms with Crippen LogP contribution >= 0.6 is 23.5 Å². The van der Waals surface area contributed by atoms with E-state index >= 15 is 0 Å². The fraction of sp³-hybridized carbons (Fsp3) is 0.100. The second kappa shape index (κ2) is 4.81. The zero-order chi connectivity index (χ0) is 13.4. The first-order valence-corrected chi connectivity index (χ1v) is 7.29. The van der Waals surface area contributed by atoms with Gasteiger partial charge in [-0.05, 0) is 0 Å². The lowest BCUT2D eigenvalue weighted by molar-refractivity contribution is -0.199. The van der Waals surface area contributed by atoms with Gasteiger partial charge in [-0.15, -0.1) is 21.5 Å². The maximum Gasteiger partial charge on any atom is 0.226 e. The van der Waals surface area contributed by atoms with Gasteiger partial charge in [0.25, 0.3) is 0 Å². The van der Waals surface area contributed by atoms with Crippen molar-refractivity contribution in [2.24, 2.45) is 0 Å². The van der Waals surface area contributed by atoms with Gasteiger partial charge in [0.1, 0.15) is 11.8 Å². The van der Waals surface area contributed by atoms with E-state index in [2.05, 4.69) is 19.9 Å². The van der Waals surface area contributed by atoms with E-state index in [1.54, 1.807) is 21.3 Å². The molecular formula is C10H8N6O2S2. The van der Waals surface area contributed by atoms with Crippen molar-refractivity contribution in [3.63, 3.8) is 0 Å². The third kappa shape index (κ3) is 1.94. The van der Waals surface area contributed by atoms with Crippen molar-refractivity contribution in [2.75, 3.05) is 0 Å². The van der Waals surface area contributed by atoms with Crippen molar-refractivity contribution < 1.29 is 9.25 Å². The average Bonchev–Trinajstić information content (AvgIpc) is 3.22. The molecule has 10 heteroatoms. The fourth-order valence-corrected chi connectivity index (χ4v) is 2.92. The van der Waals surface area contributed by atoms with Crippen molar-refractivity contribution in [1.82, 2.24) is 29.5 Å². The highest BCUT2D eigenvalue weighted by Gasteiger charge is 2.36. The van der Waals surface area contributed by atoms with Crippen LogP contribution in [0.1, 0.15) is 17.0 Å². The molecule has 0 radical (unpaired) electrons. The standard InChI is InChI=1S/C10H8N6O2S2/c1-3-16(20-13-1)15-5-7(9-11-2-4-17-9)8(18-15)10-14-12-6-19-10/h1-6,8,13H. The summed E-state index contributed by atoms with van der Waals surface area (Å²) < 4.78 is 10.2. The fourth-order valence-electron chi connectivity index (χ4n) is 1.81. The highest BCUT2D eigenvalue weighted by Crippen LogP contribution is 2.40. The van der Waals surface area contributed by atoms with Crippen LogP contribution in [0.5, 0.6) is 0 Å². The van der Waals surface area contributed by atoms with Crippen molar-refractivity contribution in [3.8, 4) is 0 Å². The van der Waals surface area contributed by atoms with Crippen molar-refractivity contribution in [2.45, 2.75) is 6.10 Å². The molecular weight excluding hydrogens is 300 g/mol. The lowest BCUT2D eigenvalue weighted by Gasteiger charge is -2.23. The largest absolute Gasteiger partial charge is 0.445 e. The van der Waals surface area contributed by atoms with Gasteiger partial charge in [-0.3, -0.25) is 0 Å². The summed E-state index contributed by atoms with van der Waals surface area (Å²) >= 11 is 2.81. The summed E-state index contributed by atoms with van der Waals surface area (Å²) in [5, 5.41) is 10.3. The Morgan fingerprint density at radius 2 is 2.40 bits per heavy atom. The molecule has 2 aromatic heterocycles. The van der Waals surface area contributed by atoms with Gasteiger partial charge >= 0.3 is 0 Å². The van der Waals surface area contributed by atoms with Gasteiger partial charge in [-0.25, -0.2) is 9.82 Å². The summed E-state index contributed by atoms with van der Waals surface area (Å²) in [6, 6.07) is 0. The van der Waals surface area contributed by atoms with Gasteiger partial charge in [0.15, 0.2) is 11.1 Å². The Morgan fingerprint density at radius 3 is 3.10 bits per heavy atom. The number of nitrogens with one attached hydrogen (secondary N) is 1. The molecule has 0 saturated carbocycles. The molecule has 1 unspecified atom stereocenters. The summed E-state index contributed by atoms with van der Waals surface area (Å²) in [6.07, 6.45) is 8.23. The molecule has 20 heavy (non-hydrogen) atoms. The number of hydrogen-bond donors (Lipinski definition) is 1. The van der Waals surface area contributed by atoms with E-state index in [4.69, 9.17) is 9.25 Å². The van der Waals surface area contributed by atoms with Crippen molar-refractivity contribution in [3.05, 3.63) is 47.5 Å². The van der Waals surface area contributed by atoms with Crippen LogP contribution in [0.4, 0.5) is 0 Å². The Balaban J connectivity index is 1.69. The zero-order valence-corrected chi connectivity index (χ0v) is 11.5. The molecule has 0 aromatic carbocycles. The number of hydroxylamine groups is 1. The summed E-state index contributed by atoms with van der Waals surface area (Å²) in [6.45, 7) is 0. The Labute approximate surface area is 121 Å². The molecule has 0 bridgehead atoms. The van der Waals surface area contributed by atoms with E-state index in [0.29, 0.717) is 5.89 Å². The van der Waals surface area contributed by atoms with E-state index in [1.807, 2.05) is 18.6 Å². The molecule has 102 valence electrons. The quantitative estimate of drug-likeness (QED) is 0.852. The smallest absolute Gasteiger partial charge is 0.226 e. The van der Waals surface area contributed by atoms with Crippen LogP contribution in [-0.4, -0.2) is 24.8 Å².